The number of hydrogen-bond acceptors (Lipinski definition) is 4. The molecule has 0 saturated heterocycles. The number of rotatable bonds is 4. The molecule has 7 heteroatoms. The van der Waals surface area contributed by atoms with Gasteiger partial charge in [0.05, 0.1) is 31.6 Å². The van der Waals surface area contributed by atoms with Crippen molar-refractivity contribution in [2.75, 3.05) is 30.6 Å². The van der Waals surface area contributed by atoms with Crippen LogP contribution in [0, 0.1) is 13.8 Å². The molecule has 3 rings (SSSR count). The highest BCUT2D eigenvalue weighted by molar-refractivity contribution is 6.10. The molecule has 0 saturated carbocycles. The lowest BCUT2D eigenvalue weighted by Gasteiger charge is -2.41. The molecule has 154 valence electrons. The van der Waals surface area contributed by atoms with Crippen LogP contribution in [0.3, 0.4) is 0 Å². The summed E-state index contributed by atoms with van der Waals surface area (Å²) >= 11 is 0. The van der Waals surface area contributed by atoms with Crippen LogP contribution in [-0.4, -0.2) is 43.9 Å². The molecule has 2 aromatic rings. The average Bonchev–Trinajstić information content (AvgIpc) is 2.72. The number of benzene rings is 2. The fourth-order valence-corrected chi connectivity index (χ4v) is 3.67. The molecule has 1 aliphatic rings. The Morgan fingerprint density at radius 2 is 1.66 bits per heavy atom. The summed E-state index contributed by atoms with van der Waals surface area (Å²) in [6.45, 7) is 6.09. The van der Waals surface area contributed by atoms with E-state index in [1.807, 2.05) is 32.9 Å². The summed E-state index contributed by atoms with van der Waals surface area (Å²) in [6, 6.07) is 8.42. The summed E-state index contributed by atoms with van der Waals surface area (Å²) in [4.78, 5) is 28.4. The Morgan fingerprint density at radius 1 is 1.03 bits per heavy atom. The summed E-state index contributed by atoms with van der Waals surface area (Å²) in [5.41, 5.74) is 3.55. The number of hydrogen-bond donors (Lipinski definition) is 1. The van der Waals surface area contributed by atoms with E-state index in [0.717, 1.165) is 11.1 Å². The molecule has 1 unspecified atom stereocenters. The number of anilines is 2. The van der Waals surface area contributed by atoms with Crippen molar-refractivity contribution < 1.29 is 24.2 Å². The van der Waals surface area contributed by atoms with Crippen molar-refractivity contribution in [3.8, 4) is 11.5 Å². The number of ether oxygens (including phenoxy) is 2. The van der Waals surface area contributed by atoms with Crippen LogP contribution in [0.25, 0.3) is 0 Å². The van der Waals surface area contributed by atoms with E-state index in [1.165, 1.54) is 19.1 Å². The first-order valence-corrected chi connectivity index (χ1v) is 9.49. The number of carbonyl (C=O) groups is 2. The number of carboxylic acid groups (broad SMARTS) is 1. The van der Waals surface area contributed by atoms with E-state index >= 15 is 0 Å². The van der Waals surface area contributed by atoms with E-state index in [1.54, 1.807) is 23.1 Å². The third-order valence-corrected chi connectivity index (χ3v) is 5.45. The predicted molar refractivity (Wildman–Crippen MR) is 112 cm³/mol. The van der Waals surface area contributed by atoms with E-state index < -0.39 is 6.09 Å². The van der Waals surface area contributed by atoms with Gasteiger partial charge in [0, 0.05) is 12.1 Å². The average molecular weight is 398 g/mol. The molecule has 1 N–H and O–H groups in total. The van der Waals surface area contributed by atoms with Gasteiger partial charge in [0.15, 0.2) is 11.5 Å². The summed E-state index contributed by atoms with van der Waals surface area (Å²) in [5, 5.41) is 9.81. The summed E-state index contributed by atoms with van der Waals surface area (Å²) < 4.78 is 10.6. The topological polar surface area (TPSA) is 79.3 Å². The molecule has 7 nitrogen and oxygen atoms in total. The maximum absolute atomic E-state index is 13.4. The van der Waals surface area contributed by atoms with Crippen molar-refractivity contribution in [2.24, 2.45) is 0 Å². The molecule has 0 aromatic heterocycles. The lowest BCUT2D eigenvalue weighted by molar-refractivity contribution is 0.0982. The molecular weight excluding hydrogens is 372 g/mol. The minimum absolute atomic E-state index is 0.209. The maximum Gasteiger partial charge on any atom is 0.412 e. The molecule has 2 aromatic carbocycles. The fraction of sp³-hybridized carbons (Fsp3) is 0.364. The van der Waals surface area contributed by atoms with Crippen LogP contribution >= 0.6 is 0 Å². The summed E-state index contributed by atoms with van der Waals surface area (Å²) in [5.74, 6) is 0.798. The van der Waals surface area contributed by atoms with E-state index in [-0.39, 0.29) is 18.5 Å². The van der Waals surface area contributed by atoms with Crippen LogP contribution in [0.1, 0.15) is 34.8 Å². The first-order chi connectivity index (χ1) is 13.8. The number of amides is 2. The first-order valence-electron chi connectivity index (χ1n) is 9.49. The van der Waals surface area contributed by atoms with Crippen LogP contribution in [0.5, 0.6) is 11.5 Å². The summed E-state index contributed by atoms with van der Waals surface area (Å²) in [6.07, 6.45) is -0.423. The Labute approximate surface area is 170 Å². The van der Waals surface area contributed by atoms with Crippen molar-refractivity contribution in [1.82, 2.24) is 0 Å². The molecule has 1 aliphatic heterocycles. The number of nitrogens with zero attached hydrogens (tertiary/aromatic N) is 2. The van der Waals surface area contributed by atoms with Crippen LogP contribution in [-0.2, 0) is 0 Å². The van der Waals surface area contributed by atoms with Gasteiger partial charge in [0.25, 0.3) is 5.91 Å². The van der Waals surface area contributed by atoms with Crippen LogP contribution in [0.2, 0.25) is 0 Å². The van der Waals surface area contributed by atoms with Gasteiger partial charge in [0.1, 0.15) is 0 Å². The second-order valence-corrected chi connectivity index (χ2v) is 7.13. The molecular formula is C22H26N2O5. The van der Waals surface area contributed by atoms with Crippen molar-refractivity contribution in [2.45, 2.75) is 33.2 Å². The zero-order valence-corrected chi connectivity index (χ0v) is 17.4. The molecule has 0 bridgehead atoms. The van der Waals surface area contributed by atoms with Gasteiger partial charge in [-0.3, -0.25) is 9.69 Å². The minimum Gasteiger partial charge on any atom is -0.493 e. The standard InChI is InChI=1S/C22H26N2O5/c1-6-16-12-23(21(25)15-7-8-19(28-4)20(11-15)29-5)17-9-13(2)14(3)10-18(17)24(16)22(26)27/h7-11,16H,6,12H2,1-5H3,(H,26,27). The first kappa shape index (κ1) is 20.5. The van der Waals surface area contributed by atoms with Crippen LogP contribution in [0.15, 0.2) is 30.3 Å². The predicted octanol–water partition coefficient (Wildman–Crippen LogP) is 4.24. The lowest BCUT2D eigenvalue weighted by atomic mass is 9.99. The monoisotopic (exact) mass is 398 g/mol. The molecule has 0 radical (unpaired) electrons. The number of fused-ring (bicyclic) bond motifs is 1. The highest BCUT2D eigenvalue weighted by atomic mass is 16.5. The fourth-order valence-electron chi connectivity index (χ4n) is 3.67. The highest BCUT2D eigenvalue weighted by Gasteiger charge is 2.37. The van der Waals surface area contributed by atoms with Gasteiger partial charge in [-0.25, -0.2) is 4.79 Å². The Kier molecular flexibility index (Phi) is 5.68. The Balaban J connectivity index is 2.12. The van der Waals surface area contributed by atoms with Crippen molar-refractivity contribution >= 4 is 23.4 Å². The van der Waals surface area contributed by atoms with Gasteiger partial charge in [-0.1, -0.05) is 6.92 Å². The van der Waals surface area contributed by atoms with E-state index in [0.29, 0.717) is 34.9 Å². The molecule has 2 amide bonds. The maximum atomic E-state index is 13.4. The van der Waals surface area contributed by atoms with Crippen molar-refractivity contribution in [1.29, 1.82) is 0 Å². The van der Waals surface area contributed by atoms with E-state index in [2.05, 4.69) is 0 Å². The minimum atomic E-state index is -1.01. The highest BCUT2D eigenvalue weighted by Crippen LogP contribution is 2.39. The molecule has 1 heterocycles. The Bertz CT molecular complexity index is 956. The zero-order chi connectivity index (χ0) is 21.3. The second kappa shape index (κ2) is 8.03. The Morgan fingerprint density at radius 3 is 2.21 bits per heavy atom. The molecule has 0 spiro atoms. The molecule has 0 aliphatic carbocycles. The van der Waals surface area contributed by atoms with E-state index in [4.69, 9.17) is 9.47 Å². The number of methoxy groups -OCH3 is 2. The third-order valence-electron chi connectivity index (χ3n) is 5.45. The van der Waals surface area contributed by atoms with Crippen molar-refractivity contribution in [3.05, 3.63) is 47.0 Å². The zero-order valence-electron chi connectivity index (χ0n) is 17.4. The van der Waals surface area contributed by atoms with Gasteiger partial charge in [-0.15, -0.1) is 0 Å². The van der Waals surface area contributed by atoms with Gasteiger partial charge in [0.2, 0.25) is 0 Å². The SMILES string of the molecule is CCC1CN(C(=O)c2ccc(OC)c(OC)c2)c2cc(C)c(C)cc2N1C(=O)O. The van der Waals surface area contributed by atoms with Gasteiger partial charge < -0.3 is 19.5 Å². The van der Waals surface area contributed by atoms with Gasteiger partial charge in [-0.2, -0.15) is 0 Å². The molecule has 29 heavy (non-hydrogen) atoms. The van der Waals surface area contributed by atoms with Gasteiger partial charge >= 0.3 is 6.09 Å². The smallest absolute Gasteiger partial charge is 0.412 e. The number of carbonyl (C=O) groups excluding carboxylic acids is 1. The Hall–Kier alpha value is -3.22. The second-order valence-electron chi connectivity index (χ2n) is 7.13. The number of aryl methyl sites for hydroxylation is 2. The van der Waals surface area contributed by atoms with E-state index in [9.17, 15) is 14.7 Å². The third kappa shape index (κ3) is 3.60. The van der Waals surface area contributed by atoms with Crippen LogP contribution in [0.4, 0.5) is 16.2 Å². The van der Waals surface area contributed by atoms with Crippen LogP contribution < -0.4 is 19.3 Å². The van der Waals surface area contributed by atoms with Gasteiger partial charge in [-0.05, 0) is 61.7 Å². The molecule has 1 atom stereocenters. The largest absolute Gasteiger partial charge is 0.493 e. The molecule has 0 fully saturated rings. The summed E-state index contributed by atoms with van der Waals surface area (Å²) in [7, 11) is 3.06. The normalized spacial score (nSPS) is 15.7. The lowest BCUT2D eigenvalue weighted by Crippen LogP contribution is -2.52. The van der Waals surface area contributed by atoms with Crippen molar-refractivity contribution in [3.63, 3.8) is 0 Å². The quantitative estimate of drug-likeness (QED) is 0.833.